The van der Waals surface area contributed by atoms with Crippen molar-refractivity contribution in [2.45, 2.75) is 25.4 Å². The van der Waals surface area contributed by atoms with E-state index in [1.165, 1.54) is 23.1 Å². The van der Waals surface area contributed by atoms with Crippen LogP contribution in [0.5, 0.6) is 0 Å². The van der Waals surface area contributed by atoms with Crippen molar-refractivity contribution in [3.05, 3.63) is 64.7 Å². The zero-order valence-corrected chi connectivity index (χ0v) is 14.7. The molecule has 5 nitrogen and oxygen atoms in total. The maximum Gasteiger partial charge on any atom is 0.418 e. The average Bonchev–Trinajstić information content (AvgIpc) is 3.20. The van der Waals surface area contributed by atoms with Gasteiger partial charge >= 0.3 is 6.18 Å². The largest absolute Gasteiger partial charge is 0.418 e. The Bertz CT molecular complexity index is 973. The Morgan fingerprint density at radius 3 is 2.57 bits per heavy atom. The minimum atomic E-state index is -4.56. The third kappa shape index (κ3) is 2.75. The number of benzene rings is 2. The van der Waals surface area contributed by atoms with E-state index in [2.05, 4.69) is 0 Å². The van der Waals surface area contributed by atoms with Crippen molar-refractivity contribution >= 4 is 17.5 Å². The van der Waals surface area contributed by atoms with Crippen molar-refractivity contribution in [3.8, 4) is 0 Å². The first-order valence-corrected chi connectivity index (χ1v) is 8.80. The summed E-state index contributed by atoms with van der Waals surface area (Å²) in [5.41, 5.74) is 1.50. The van der Waals surface area contributed by atoms with Gasteiger partial charge in [-0.3, -0.25) is 14.8 Å². The molecule has 2 amide bonds. The van der Waals surface area contributed by atoms with E-state index >= 15 is 0 Å². The van der Waals surface area contributed by atoms with Crippen LogP contribution in [0.25, 0.3) is 0 Å². The number of para-hydroxylation sites is 1. The lowest BCUT2D eigenvalue weighted by molar-refractivity contribution is -0.137. The van der Waals surface area contributed by atoms with Crippen molar-refractivity contribution in [1.82, 2.24) is 5.48 Å². The quantitative estimate of drug-likeness (QED) is 0.610. The summed E-state index contributed by atoms with van der Waals surface area (Å²) in [6.45, 7) is 0.182. The van der Waals surface area contributed by atoms with E-state index in [1.807, 2.05) is 0 Å². The number of alkyl halides is 3. The summed E-state index contributed by atoms with van der Waals surface area (Å²) in [5.74, 6) is -1.03. The fourth-order valence-corrected chi connectivity index (χ4v) is 4.37. The molecule has 1 spiro atoms. The standard InChI is InChI=1S/C20H17F3N2O3/c21-20(22,23)15-6-1-2-7-16(15)25-9-8-19(18(25)27)10-12-4-3-5-13(14(12)11-19)17(26)24-28/h1-7,28H,8-11H2,(H,24,26). The third-order valence-electron chi connectivity index (χ3n) is 5.68. The van der Waals surface area contributed by atoms with Gasteiger partial charge in [0.25, 0.3) is 5.91 Å². The second-order valence-corrected chi connectivity index (χ2v) is 7.24. The van der Waals surface area contributed by atoms with Crippen molar-refractivity contribution in [3.63, 3.8) is 0 Å². The number of hydrogen-bond acceptors (Lipinski definition) is 3. The number of rotatable bonds is 2. The van der Waals surface area contributed by atoms with E-state index in [9.17, 15) is 22.8 Å². The van der Waals surface area contributed by atoms with E-state index in [0.29, 0.717) is 18.4 Å². The number of amides is 2. The molecule has 2 aromatic rings. The van der Waals surface area contributed by atoms with Gasteiger partial charge in [0.1, 0.15) is 0 Å². The van der Waals surface area contributed by atoms with Crippen molar-refractivity contribution < 1.29 is 28.0 Å². The molecule has 1 unspecified atom stereocenters. The normalized spacial score (nSPS) is 21.3. The van der Waals surface area contributed by atoms with E-state index < -0.39 is 23.1 Å². The first-order chi connectivity index (χ1) is 13.3. The van der Waals surface area contributed by atoms with Crippen LogP contribution in [0, 0.1) is 5.41 Å². The van der Waals surface area contributed by atoms with Crippen LogP contribution in [0.4, 0.5) is 18.9 Å². The minimum absolute atomic E-state index is 0.138. The molecule has 0 aromatic heterocycles. The number of anilines is 1. The summed E-state index contributed by atoms with van der Waals surface area (Å²) >= 11 is 0. The first-order valence-electron chi connectivity index (χ1n) is 8.80. The van der Waals surface area contributed by atoms with Gasteiger partial charge in [0, 0.05) is 12.1 Å². The Hall–Kier alpha value is -2.87. The number of nitrogens with zero attached hydrogens (tertiary/aromatic N) is 1. The maximum atomic E-state index is 13.4. The fraction of sp³-hybridized carbons (Fsp3) is 0.300. The molecule has 2 N–H and O–H groups in total. The van der Waals surface area contributed by atoms with Crippen LogP contribution < -0.4 is 10.4 Å². The van der Waals surface area contributed by atoms with Crippen LogP contribution in [-0.2, 0) is 23.8 Å². The van der Waals surface area contributed by atoms with Crippen LogP contribution in [0.1, 0.15) is 33.5 Å². The van der Waals surface area contributed by atoms with Crippen molar-refractivity contribution in [1.29, 1.82) is 0 Å². The molecule has 146 valence electrons. The minimum Gasteiger partial charge on any atom is -0.311 e. The van der Waals surface area contributed by atoms with Crippen LogP contribution in [0.3, 0.4) is 0 Å². The summed E-state index contributed by atoms with van der Waals surface area (Å²) in [6.07, 6.45) is -3.54. The van der Waals surface area contributed by atoms with E-state index in [4.69, 9.17) is 5.21 Å². The fourth-order valence-electron chi connectivity index (χ4n) is 4.37. The molecule has 1 fully saturated rings. The zero-order chi connectivity index (χ0) is 20.1. The van der Waals surface area contributed by atoms with Crippen LogP contribution >= 0.6 is 0 Å². The maximum absolute atomic E-state index is 13.4. The second kappa shape index (κ2) is 6.34. The van der Waals surface area contributed by atoms with Crippen LogP contribution in [0.15, 0.2) is 42.5 Å². The predicted octanol–water partition coefficient (Wildman–Crippen LogP) is 3.35. The summed E-state index contributed by atoms with van der Waals surface area (Å²) in [4.78, 5) is 26.4. The van der Waals surface area contributed by atoms with Gasteiger partial charge in [-0.1, -0.05) is 24.3 Å². The highest BCUT2D eigenvalue weighted by atomic mass is 19.4. The van der Waals surface area contributed by atoms with E-state index in [0.717, 1.165) is 11.6 Å². The monoisotopic (exact) mass is 390 g/mol. The molecule has 0 saturated carbocycles. The summed E-state index contributed by atoms with van der Waals surface area (Å²) < 4.78 is 40.2. The highest BCUT2D eigenvalue weighted by molar-refractivity contribution is 6.02. The Kier molecular flexibility index (Phi) is 4.19. The van der Waals surface area contributed by atoms with Gasteiger partial charge in [-0.2, -0.15) is 13.2 Å². The van der Waals surface area contributed by atoms with E-state index in [1.54, 1.807) is 23.7 Å². The summed E-state index contributed by atoms with van der Waals surface area (Å²) in [5, 5.41) is 8.94. The van der Waals surface area contributed by atoms with Gasteiger partial charge < -0.3 is 4.90 Å². The zero-order valence-electron chi connectivity index (χ0n) is 14.7. The number of hydroxylamine groups is 1. The number of hydrogen-bond donors (Lipinski definition) is 2. The highest BCUT2D eigenvalue weighted by Gasteiger charge is 2.52. The predicted molar refractivity (Wildman–Crippen MR) is 93.9 cm³/mol. The molecule has 28 heavy (non-hydrogen) atoms. The smallest absolute Gasteiger partial charge is 0.311 e. The van der Waals surface area contributed by atoms with Crippen LogP contribution in [0.2, 0.25) is 0 Å². The lowest BCUT2D eigenvalue weighted by Gasteiger charge is -2.25. The second-order valence-electron chi connectivity index (χ2n) is 7.24. The molecule has 0 bridgehead atoms. The Labute approximate surface area is 158 Å². The Balaban J connectivity index is 1.69. The van der Waals surface area contributed by atoms with Gasteiger partial charge in [0.05, 0.1) is 16.7 Å². The lowest BCUT2D eigenvalue weighted by atomic mass is 9.83. The summed E-state index contributed by atoms with van der Waals surface area (Å²) in [6, 6.07) is 10.1. The van der Waals surface area contributed by atoms with Gasteiger partial charge in [-0.25, -0.2) is 5.48 Å². The van der Waals surface area contributed by atoms with Gasteiger partial charge in [0.2, 0.25) is 5.91 Å². The van der Waals surface area contributed by atoms with Gasteiger partial charge in [-0.15, -0.1) is 0 Å². The third-order valence-corrected chi connectivity index (χ3v) is 5.68. The van der Waals surface area contributed by atoms with E-state index in [-0.39, 0.29) is 30.1 Å². The van der Waals surface area contributed by atoms with Gasteiger partial charge in [-0.05, 0) is 48.6 Å². The highest BCUT2D eigenvalue weighted by Crippen LogP contribution is 2.48. The lowest BCUT2D eigenvalue weighted by Crippen LogP contribution is -2.36. The molecule has 1 aliphatic carbocycles. The molecule has 1 aliphatic heterocycles. The number of carbonyl (C=O) groups is 2. The topological polar surface area (TPSA) is 69.6 Å². The molecule has 8 heteroatoms. The number of fused-ring (bicyclic) bond motifs is 1. The summed E-state index contributed by atoms with van der Waals surface area (Å²) in [7, 11) is 0. The number of halogens is 3. The molecule has 0 radical (unpaired) electrons. The molecule has 2 aromatic carbocycles. The SMILES string of the molecule is O=C(NO)c1cccc2c1CC1(CCN(c3ccccc3C(F)(F)F)C1=O)C2. The average molecular weight is 390 g/mol. The molecule has 1 heterocycles. The number of carbonyl (C=O) groups excluding carboxylic acids is 2. The molecular formula is C20H17F3N2O3. The van der Waals surface area contributed by atoms with Crippen molar-refractivity contribution in [2.75, 3.05) is 11.4 Å². The Morgan fingerprint density at radius 2 is 1.86 bits per heavy atom. The molecule has 1 saturated heterocycles. The first kappa shape index (κ1) is 18.5. The Morgan fingerprint density at radius 1 is 1.11 bits per heavy atom. The van der Waals surface area contributed by atoms with Crippen LogP contribution in [-0.4, -0.2) is 23.6 Å². The number of nitrogens with one attached hydrogen (secondary N) is 1. The van der Waals surface area contributed by atoms with Gasteiger partial charge in [0.15, 0.2) is 0 Å². The molecule has 4 rings (SSSR count). The molecule has 1 atom stereocenters. The van der Waals surface area contributed by atoms with Crippen molar-refractivity contribution in [2.24, 2.45) is 5.41 Å². The molecular weight excluding hydrogens is 373 g/mol. The molecule has 2 aliphatic rings.